The van der Waals surface area contributed by atoms with Crippen LogP contribution in [0.3, 0.4) is 0 Å². The molecule has 0 aliphatic carbocycles. The second-order valence-corrected chi connectivity index (χ2v) is 3.02. The Morgan fingerprint density at radius 1 is 1.40 bits per heavy atom. The Morgan fingerprint density at radius 2 is 2.20 bits per heavy atom. The molecule has 0 aliphatic rings. The Bertz CT molecular complexity index is 479. The number of anilines is 1. The van der Waals surface area contributed by atoms with Crippen LogP contribution in [0.1, 0.15) is 13.8 Å². The van der Waals surface area contributed by atoms with E-state index in [4.69, 9.17) is 10.5 Å². The Hall–Kier alpha value is -1.85. The van der Waals surface area contributed by atoms with E-state index in [9.17, 15) is 0 Å². The summed E-state index contributed by atoms with van der Waals surface area (Å²) in [6.45, 7) is 5.26. The van der Waals surface area contributed by atoms with Crippen LogP contribution in [0.4, 0.5) is 5.95 Å². The van der Waals surface area contributed by atoms with Crippen LogP contribution in [-0.4, -0.2) is 26.1 Å². The molecule has 2 aromatic rings. The van der Waals surface area contributed by atoms with Crippen LogP contribution in [0.15, 0.2) is 6.33 Å². The highest BCUT2D eigenvalue weighted by molar-refractivity contribution is 5.77. The van der Waals surface area contributed by atoms with Crippen molar-refractivity contribution in [1.29, 1.82) is 0 Å². The standard InChI is InChI=1S/C9H13N5O/c1-3-14-5-11-7-6(14)8(15-4-2)13-9(10)12-7/h5H,3-4H2,1-2H3,(H2,10,12,13). The predicted octanol–water partition coefficient (Wildman–Crippen LogP) is 0.827. The van der Waals surface area contributed by atoms with Gasteiger partial charge < -0.3 is 15.0 Å². The molecule has 2 heterocycles. The fourth-order valence-electron chi connectivity index (χ4n) is 1.44. The fraction of sp³-hybridized carbons (Fsp3) is 0.444. The van der Waals surface area contributed by atoms with E-state index in [-0.39, 0.29) is 5.95 Å². The van der Waals surface area contributed by atoms with Crippen molar-refractivity contribution >= 4 is 17.1 Å². The van der Waals surface area contributed by atoms with E-state index in [1.54, 1.807) is 6.33 Å². The lowest BCUT2D eigenvalue weighted by Crippen LogP contribution is -2.03. The van der Waals surface area contributed by atoms with Gasteiger partial charge in [-0.05, 0) is 13.8 Å². The summed E-state index contributed by atoms with van der Waals surface area (Å²) >= 11 is 0. The van der Waals surface area contributed by atoms with Gasteiger partial charge in [0.15, 0.2) is 11.2 Å². The number of ether oxygens (including phenoxy) is 1. The van der Waals surface area contributed by atoms with Crippen molar-refractivity contribution in [2.75, 3.05) is 12.3 Å². The third-order valence-corrected chi connectivity index (χ3v) is 2.08. The molecule has 6 heteroatoms. The van der Waals surface area contributed by atoms with E-state index in [1.807, 2.05) is 18.4 Å². The fourth-order valence-corrected chi connectivity index (χ4v) is 1.44. The third-order valence-electron chi connectivity index (χ3n) is 2.08. The van der Waals surface area contributed by atoms with E-state index in [2.05, 4.69) is 15.0 Å². The van der Waals surface area contributed by atoms with Crippen LogP contribution in [0, 0.1) is 0 Å². The van der Waals surface area contributed by atoms with Crippen LogP contribution >= 0.6 is 0 Å². The molecule has 0 bridgehead atoms. The molecule has 2 rings (SSSR count). The largest absolute Gasteiger partial charge is 0.476 e. The predicted molar refractivity (Wildman–Crippen MR) is 56.6 cm³/mol. The number of aryl methyl sites for hydroxylation is 1. The number of fused-ring (bicyclic) bond motifs is 1. The van der Waals surface area contributed by atoms with E-state index in [1.165, 1.54) is 0 Å². The molecule has 0 atom stereocenters. The molecular weight excluding hydrogens is 194 g/mol. The molecule has 0 amide bonds. The minimum absolute atomic E-state index is 0.187. The highest BCUT2D eigenvalue weighted by atomic mass is 16.5. The van der Waals surface area contributed by atoms with Crippen molar-refractivity contribution in [2.45, 2.75) is 20.4 Å². The number of rotatable bonds is 3. The zero-order valence-electron chi connectivity index (χ0n) is 8.77. The van der Waals surface area contributed by atoms with Gasteiger partial charge in [-0.2, -0.15) is 9.97 Å². The number of nitrogens with two attached hydrogens (primary N) is 1. The van der Waals surface area contributed by atoms with Gasteiger partial charge in [0, 0.05) is 6.54 Å². The van der Waals surface area contributed by atoms with Gasteiger partial charge in [-0.25, -0.2) is 4.98 Å². The lowest BCUT2D eigenvalue weighted by Gasteiger charge is -2.06. The zero-order valence-corrected chi connectivity index (χ0v) is 8.77. The first-order valence-electron chi connectivity index (χ1n) is 4.87. The van der Waals surface area contributed by atoms with E-state index in [0.29, 0.717) is 18.1 Å². The smallest absolute Gasteiger partial charge is 0.245 e. The molecule has 0 saturated heterocycles. The molecule has 0 fully saturated rings. The number of aromatic nitrogens is 4. The first-order chi connectivity index (χ1) is 7.26. The maximum absolute atomic E-state index is 5.55. The maximum atomic E-state index is 5.55. The molecule has 0 aromatic carbocycles. The van der Waals surface area contributed by atoms with Gasteiger partial charge in [0.2, 0.25) is 11.8 Å². The molecule has 2 aromatic heterocycles. The quantitative estimate of drug-likeness (QED) is 0.806. The maximum Gasteiger partial charge on any atom is 0.245 e. The molecule has 0 unspecified atom stereocenters. The minimum Gasteiger partial charge on any atom is -0.476 e. The third kappa shape index (κ3) is 1.58. The molecular formula is C9H13N5O. The lowest BCUT2D eigenvalue weighted by molar-refractivity contribution is 0.329. The summed E-state index contributed by atoms with van der Waals surface area (Å²) < 4.78 is 7.34. The van der Waals surface area contributed by atoms with Gasteiger partial charge in [-0.15, -0.1) is 0 Å². The van der Waals surface area contributed by atoms with Crippen molar-refractivity contribution in [3.8, 4) is 5.88 Å². The van der Waals surface area contributed by atoms with Crippen molar-refractivity contribution in [1.82, 2.24) is 19.5 Å². The summed E-state index contributed by atoms with van der Waals surface area (Å²) in [6.07, 6.45) is 1.71. The molecule has 15 heavy (non-hydrogen) atoms. The number of nitrogens with zero attached hydrogens (tertiary/aromatic N) is 4. The van der Waals surface area contributed by atoms with Gasteiger partial charge in [0.05, 0.1) is 12.9 Å². The molecule has 2 N–H and O–H groups in total. The number of hydrogen-bond acceptors (Lipinski definition) is 5. The molecule has 80 valence electrons. The summed E-state index contributed by atoms with van der Waals surface area (Å²) in [5, 5.41) is 0. The van der Waals surface area contributed by atoms with Gasteiger partial charge >= 0.3 is 0 Å². The summed E-state index contributed by atoms with van der Waals surface area (Å²) in [7, 11) is 0. The minimum atomic E-state index is 0.187. The monoisotopic (exact) mass is 207 g/mol. The topological polar surface area (TPSA) is 78.8 Å². The number of nitrogen functional groups attached to an aromatic ring is 1. The van der Waals surface area contributed by atoms with Crippen LogP contribution < -0.4 is 10.5 Å². The van der Waals surface area contributed by atoms with Crippen LogP contribution in [-0.2, 0) is 6.54 Å². The van der Waals surface area contributed by atoms with Crippen LogP contribution in [0.5, 0.6) is 5.88 Å². The summed E-state index contributed by atoms with van der Waals surface area (Å²) in [4.78, 5) is 12.2. The van der Waals surface area contributed by atoms with Crippen molar-refractivity contribution in [2.24, 2.45) is 0 Å². The first-order valence-corrected chi connectivity index (χ1v) is 4.87. The Balaban J connectivity index is 2.67. The molecule has 6 nitrogen and oxygen atoms in total. The number of hydrogen-bond donors (Lipinski definition) is 1. The number of imidazole rings is 1. The van der Waals surface area contributed by atoms with E-state index in [0.717, 1.165) is 12.1 Å². The van der Waals surface area contributed by atoms with Crippen LogP contribution in [0.2, 0.25) is 0 Å². The Labute approximate surface area is 87.1 Å². The van der Waals surface area contributed by atoms with Crippen LogP contribution in [0.25, 0.3) is 11.2 Å². The highest BCUT2D eigenvalue weighted by Crippen LogP contribution is 2.22. The molecule has 0 aliphatic heterocycles. The summed E-state index contributed by atoms with van der Waals surface area (Å²) in [5.74, 6) is 0.687. The SMILES string of the molecule is CCOc1nc(N)nc2ncn(CC)c12. The van der Waals surface area contributed by atoms with Gasteiger partial charge in [0.25, 0.3) is 0 Å². The van der Waals surface area contributed by atoms with Crippen molar-refractivity contribution in [3.05, 3.63) is 6.33 Å². The van der Waals surface area contributed by atoms with Gasteiger partial charge in [-0.1, -0.05) is 0 Å². The second-order valence-electron chi connectivity index (χ2n) is 3.02. The summed E-state index contributed by atoms with van der Waals surface area (Å²) in [5.41, 5.74) is 6.93. The highest BCUT2D eigenvalue weighted by Gasteiger charge is 2.12. The van der Waals surface area contributed by atoms with Crippen molar-refractivity contribution < 1.29 is 4.74 Å². The van der Waals surface area contributed by atoms with Gasteiger partial charge in [-0.3, -0.25) is 0 Å². The Kier molecular flexibility index (Phi) is 2.40. The van der Waals surface area contributed by atoms with E-state index >= 15 is 0 Å². The normalized spacial score (nSPS) is 10.8. The second kappa shape index (κ2) is 3.72. The molecule has 0 radical (unpaired) electrons. The van der Waals surface area contributed by atoms with Crippen molar-refractivity contribution in [3.63, 3.8) is 0 Å². The average molecular weight is 207 g/mol. The first kappa shape index (κ1) is 9.70. The summed E-state index contributed by atoms with van der Waals surface area (Å²) in [6, 6.07) is 0. The lowest BCUT2D eigenvalue weighted by atomic mass is 10.5. The average Bonchev–Trinajstić information content (AvgIpc) is 2.61. The Morgan fingerprint density at radius 3 is 2.87 bits per heavy atom. The molecule has 0 spiro atoms. The van der Waals surface area contributed by atoms with E-state index < -0.39 is 0 Å². The molecule has 0 saturated carbocycles. The zero-order chi connectivity index (χ0) is 10.8. The van der Waals surface area contributed by atoms with Gasteiger partial charge in [0.1, 0.15) is 0 Å².